The van der Waals surface area contributed by atoms with Crippen LogP contribution in [0.1, 0.15) is 27.0 Å². The Morgan fingerprint density at radius 3 is 2.25 bits per heavy atom. The molecule has 24 heavy (non-hydrogen) atoms. The standard InChI is InChI=1S/C18H22N2O3S/c1-13-5-6-16(14(2)11-13)12-20(4)18(21)15-7-9-17(10-8-15)24(22,23)19-3/h5-11,19H,12H2,1-4H3. The van der Waals surface area contributed by atoms with Crippen molar-refractivity contribution in [1.29, 1.82) is 0 Å². The van der Waals surface area contributed by atoms with Gasteiger partial charge in [-0.3, -0.25) is 4.79 Å². The van der Waals surface area contributed by atoms with Gasteiger partial charge < -0.3 is 4.90 Å². The molecular formula is C18H22N2O3S. The quantitative estimate of drug-likeness (QED) is 0.904. The molecule has 1 N–H and O–H groups in total. The maximum absolute atomic E-state index is 12.5. The van der Waals surface area contributed by atoms with Crippen molar-refractivity contribution in [3.05, 3.63) is 64.7 Å². The van der Waals surface area contributed by atoms with E-state index in [9.17, 15) is 13.2 Å². The molecule has 0 bridgehead atoms. The van der Waals surface area contributed by atoms with Gasteiger partial charge in [-0.05, 0) is 56.3 Å². The number of benzene rings is 2. The highest BCUT2D eigenvalue weighted by Crippen LogP contribution is 2.15. The Balaban J connectivity index is 2.16. The summed E-state index contributed by atoms with van der Waals surface area (Å²) in [6.45, 7) is 4.56. The lowest BCUT2D eigenvalue weighted by Gasteiger charge is -2.19. The van der Waals surface area contributed by atoms with Gasteiger partial charge in [0.05, 0.1) is 4.90 Å². The number of nitrogens with one attached hydrogen (secondary N) is 1. The average molecular weight is 346 g/mol. The molecule has 0 saturated carbocycles. The molecule has 0 atom stereocenters. The summed E-state index contributed by atoms with van der Waals surface area (Å²) >= 11 is 0. The van der Waals surface area contributed by atoms with Crippen LogP contribution in [0, 0.1) is 13.8 Å². The Kier molecular flexibility index (Phi) is 5.41. The van der Waals surface area contributed by atoms with E-state index < -0.39 is 10.0 Å². The van der Waals surface area contributed by atoms with E-state index in [1.165, 1.54) is 36.9 Å². The Bertz CT molecular complexity index is 843. The Morgan fingerprint density at radius 1 is 1.08 bits per heavy atom. The fourth-order valence-corrected chi connectivity index (χ4v) is 3.20. The van der Waals surface area contributed by atoms with Crippen molar-refractivity contribution < 1.29 is 13.2 Å². The first kappa shape index (κ1) is 18.2. The minimum Gasteiger partial charge on any atom is -0.337 e. The number of nitrogens with zero attached hydrogens (tertiary/aromatic N) is 1. The van der Waals surface area contributed by atoms with Crippen molar-refractivity contribution in [1.82, 2.24) is 9.62 Å². The Morgan fingerprint density at radius 2 is 1.71 bits per heavy atom. The van der Waals surface area contributed by atoms with Gasteiger partial charge in [-0.15, -0.1) is 0 Å². The van der Waals surface area contributed by atoms with Crippen molar-refractivity contribution >= 4 is 15.9 Å². The van der Waals surface area contributed by atoms with E-state index in [-0.39, 0.29) is 10.8 Å². The van der Waals surface area contributed by atoms with Gasteiger partial charge in [-0.2, -0.15) is 0 Å². The summed E-state index contributed by atoms with van der Waals surface area (Å²) < 4.78 is 25.7. The van der Waals surface area contributed by atoms with Crippen LogP contribution in [-0.4, -0.2) is 33.3 Å². The van der Waals surface area contributed by atoms with Gasteiger partial charge in [-0.25, -0.2) is 13.1 Å². The summed E-state index contributed by atoms with van der Waals surface area (Å²) in [7, 11) is -0.405. The zero-order valence-corrected chi connectivity index (χ0v) is 15.1. The van der Waals surface area contributed by atoms with Crippen molar-refractivity contribution in [2.45, 2.75) is 25.3 Å². The van der Waals surface area contributed by atoms with Crippen LogP contribution in [0.3, 0.4) is 0 Å². The van der Waals surface area contributed by atoms with Crippen molar-refractivity contribution in [2.24, 2.45) is 0 Å². The van der Waals surface area contributed by atoms with Crippen LogP contribution in [0.25, 0.3) is 0 Å². The number of amides is 1. The molecule has 1 amide bonds. The third-order valence-corrected chi connectivity index (χ3v) is 5.36. The largest absolute Gasteiger partial charge is 0.337 e. The van der Waals surface area contributed by atoms with Gasteiger partial charge in [0.1, 0.15) is 0 Å². The first-order valence-corrected chi connectivity index (χ1v) is 9.08. The monoisotopic (exact) mass is 346 g/mol. The van der Waals surface area contributed by atoms with E-state index in [1.807, 2.05) is 26.0 Å². The topological polar surface area (TPSA) is 66.5 Å². The lowest BCUT2D eigenvalue weighted by atomic mass is 10.1. The molecule has 6 heteroatoms. The molecule has 0 radical (unpaired) electrons. The summed E-state index contributed by atoms with van der Waals surface area (Å²) in [5, 5.41) is 0. The second kappa shape index (κ2) is 7.15. The van der Waals surface area contributed by atoms with Crippen LogP contribution in [0.5, 0.6) is 0 Å². The van der Waals surface area contributed by atoms with E-state index in [2.05, 4.69) is 10.8 Å². The molecule has 5 nitrogen and oxygen atoms in total. The molecule has 0 aliphatic heterocycles. The van der Waals surface area contributed by atoms with E-state index in [0.717, 1.165) is 11.1 Å². The maximum Gasteiger partial charge on any atom is 0.253 e. The van der Waals surface area contributed by atoms with E-state index in [1.54, 1.807) is 11.9 Å². The molecule has 0 spiro atoms. The predicted molar refractivity (Wildman–Crippen MR) is 94.4 cm³/mol. The summed E-state index contributed by atoms with van der Waals surface area (Å²) in [5.41, 5.74) is 3.87. The van der Waals surface area contributed by atoms with Crippen LogP contribution in [0.4, 0.5) is 0 Å². The number of sulfonamides is 1. The molecule has 0 unspecified atom stereocenters. The highest BCUT2D eigenvalue weighted by molar-refractivity contribution is 7.89. The van der Waals surface area contributed by atoms with Gasteiger partial charge in [0.15, 0.2) is 0 Å². The Hall–Kier alpha value is -2.18. The molecular weight excluding hydrogens is 324 g/mol. The molecule has 2 rings (SSSR count). The molecule has 2 aromatic carbocycles. The third kappa shape index (κ3) is 4.01. The minimum absolute atomic E-state index is 0.138. The van der Waals surface area contributed by atoms with Crippen molar-refractivity contribution in [3.63, 3.8) is 0 Å². The highest BCUT2D eigenvalue weighted by Gasteiger charge is 2.15. The van der Waals surface area contributed by atoms with Gasteiger partial charge in [0.2, 0.25) is 10.0 Å². The number of hydrogen-bond acceptors (Lipinski definition) is 3. The lowest BCUT2D eigenvalue weighted by Crippen LogP contribution is -2.26. The van der Waals surface area contributed by atoms with Crippen molar-refractivity contribution in [2.75, 3.05) is 14.1 Å². The fourth-order valence-electron chi connectivity index (χ4n) is 2.47. The lowest BCUT2D eigenvalue weighted by molar-refractivity contribution is 0.0785. The molecule has 2 aromatic rings. The van der Waals surface area contributed by atoms with Crippen LogP contribution >= 0.6 is 0 Å². The molecule has 0 aliphatic carbocycles. The maximum atomic E-state index is 12.5. The summed E-state index contributed by atoms with van der Waals surface area (Å²) in [6, 6.07) is 12.1. The van der Waals surface area contributed by atoms with Gasteiger partial charge in [-0.1, -0.05) is 23.8 Å². The van der Waals surface area contributed by atoms with Crippen LogP contribution in [-0.2, 0) is 16.6 Å². The summed E-state index contributed by atoms with van der Waals surface area (Å²) in [4.78, 5) is 14.3. The SMILES string of the molecule is CNS(=O)(=O)c1ccc(C(=O)N(C)Cc2ccc(C)cc2C)cc1. The predicted octanol–water partition coefficient (Wildman–Crippen LogP) is 2.48. The smallest absolute Gasteiger partial charge is 0.253 e. The second-order valence-corrected chi connectivity index (χ2v) is 7.71. The van der Waals surface area contributed by atoms with Crippen LogP contribution < -0.4 is 4.72 Å². The van der Waals surface area contributed by atoms with E-state index in [4.69, 9.17) is 0 Å². The molecule has 128 valence electrons. The zero-order chi connectivity index (χ0) is 17.9. The fraction of sp³-hybridized carbons (Fsp3) is 0.278. The molecule has 0 saturated heterocycles. The third-order valence-electron chi connectivity index (χ3n) is 3.93. The molecule has 0 aliphatic rings. The average Bonchev–Trinajstić information content (AvgIpc) is 2.56. The second-order valence-electron chi connectivity index (χ2n) is 5.82. The van der Waals surface area contributed by atoms with Gasteiger partial charge >= 0.3 is 0 Å². The molecule has 0 aromatic heterocycles. The summed E-state index contributed by atoms with van der Waals surface area (Å²) in [6.07, 6.45) is 0. The first-order valence-electron chi connectivity index (χ1n) is 7.60. The number of aryl methyl sites for hydroxylation is 2. The summed E-state index contributed by atoms with van der Waals surface area (Å²) in [5.74, 6) is -0.150. The number of carbonyl (C=O) groups excluding carboxylic acids is 1. The molecule has 0 fully saturated rings. The molecule has 0 heterocycles. The van der Waals surface area contributed by atoms with Gasteiger partial charge in [0.25, 0.3) is 5.91 Å². The number of rotatable bonds is 5. The number of hydrogen-bond donors (Lipinski definition) is 1. The van der Waals surface area contributed by atoms with E-state index >= 15 is 0 Å². The van der Waals surface area contributed by atoms with Gasteiger partial charge in [0, 0.05) is 19.2 Å². The first-order chi connectivity index (χ1) is 11.2. The minimum atomic E-state index is -3.49. The zero-order valence-electron chi connectivity index (χ0n) is 14.3. The normalized spacial score (nSPS) is 11.3. The number of carbonyl (C=O) groups is 1. The van der Waals surface area contributed by atoms with Crippen LogP contribution in [0.15, 0.2) is 47.4 Å². The highest BCUT2D eigenvalue weighted by atomic mass is 32.2. The van der Waals surface area contributed by atoms with Crippen molar-refractivity contribution in [3.8, 4) is 0 Å². The van der Waals surface area contributed by atoms with Crippen LogP contribution in [0.2, 0.25) is 0 Å². The Labute approximate surface area is 143 Å². The van der Waals surface area contributed by atoms with E-state index in [0.29, 0.717) is 12.1 Å².